The number of amides is 3. The Bertz CT molecular complexity index is 2500. The van der Waals surface area contributed by atoms with Gasteiger partial charge in [0.1, 0.15) is 12.1 Å². The van der Waals surface area contributed by atoms with Crippen LogP contribution < -0.4 is 15.6 Å². The number of fused-ring (bicyclic) bond motifs is 7. The smallest absolute Gasteiger partial charge is 0.324 e. The summed E-state index contributed by atoms with van der Waals surface area (Å²) >= 11 is 0. The standard InChI is InChI=1S/C52H68N8O7/c1-7-59-46-16-15-37-25-41(46)43(48(59)42-26-39(28-53-47(42)33(2)65-6)58-20-19-56-21-22-66-31-40(56)30-58)27-52(4,5)32-67-51(64)44-14-10-18-60(55-44)50(63)45(24-35-11-8-12-36(37)23-35)54-49(62)38-13-9-17-57(29-38)34(3)61/h8,11-12,15-16,23,25-26,28,33,38,40,44-45,55H,7,9-10,13-14,17-22,24,27,29-32H2,1-6H3,(H,54,62)/t33-,38+,40-,44-,45-/m0/s1. The van der Waals surface area contributed by atoms with Gasteiger partial charge in [0, 0.05) is 94.7 Å². The molecule has 2 aromatic carbocycles. The van der Waals surface area contributed by atoms with Crippen LogP contribution in [-0.4, -0.2) is 139 Å². The topological polar surface area (TPSA) is 151 Å². The molecule has 7 heterocycles. The minimum absolute atomic E-state index is 0.0652. The largest absolute Gasteiger partial charge is 0.464 e. The summed E-state index contributed by atoms with van der Waals surface area (Å²) in [5.41, 5.74) is 11.8. The monoisotopic (exact) mass is 917 g/mol. The van der Waals surface area contributed by atoms with Crippen molar-refractivity contribution in [2.45, 2.75) is 104 Å². The van der Waals surface area contributed by atoms with Gasteiger partial charge >= 0.3 is 5.97 Å². The number of piperazine rings is 1. The maximum Gasteiger partial charge on any atom is 0.324 e. The van der Waals surface area contributed by atoms with Crippen molar-refractivity contribution in [2.75, 3.05) is 77.6 Å². The molecule has 0 aliphatic carbocycles. The number of methoxy groups -OCH3 is 1. The molecule has 0 spiro atoms. The number of nitrogens with one attached hydrogen (secondary N) is 2. The van der Waals surface area contributed by atoms with Crippen molar-refractivity contribution in [2.24, 2.45) is 11.3 Å². The van der Waals surface area contributed by atoms with Crippen molar-refractivity contribution < 1.29 is 33.4 Å². The molecule has 3 amide bonds. The SMILES string of the molecule is CCn1c(-c2cc(N3CCN4CCOC[C@@H]4C3)cnc2[C@H](C)OC)c2c3cc(ccc31)-c1cccc(c1)C[C@H](NC(=O)[C@@H]1CCCN(C(C)=O)C1)C(=O)N1CCC[C@H](N1)C(=O)OCC(C)(C)C2. The predicted octanol–water partition coefficient (Wildman–Crippen LogP) is 5.53. The number of cyclic esters (lactones) is 1. The van der Waals surface area contributed by atoms with Crippen LogP contribution in [-0.2, 0) is 52.8 Å². The molecule has 4 saturated heterocycles. The Morgan fingerprint density at radius 2 is 1.82 bits per heavy atom. The van der Waals surface area contributed by atoms with E-state index >= 15 is 0 Å². The second kappa shape index (κ2) is 19.7. The first-order valence-corrected chi connectivity index (χ1v) is 24.4. The predicted molar refractivity (Wildman–Crippen MR) is 257 cm³/mol. The second-order valence-corrected chi connectivity index (χ2v) is 20.1. The number of benzene rings is 2. The van der Waals surface area contributed by atoms with Crippen LogP contribution in [0.2, 0.25) is 0 Å². The summed E-state index contributed by atoms with van der Waals surface area (Å²) in [5.74, 6) is -1.48. The molecule has 4 fully saturated rings. The van der Waals surface area contributed by atoms with E-state index < -0.39 is 29.4 Å². The summed E-state index contributed by atoms with van der Waals surface area (Å²) in [6.07, 6.45) is 5.00. The molecule has 0 unspecified atom stereocenters. The fourth-order valence-electron chi connectivity index (χ4n) is 10.9. The molecule has 5 aliphatic rings. The number of hydrogen-bond donors (Lipinski definition) is 2. The molecule has 4 aromatic rings. The molecular formula is C52H68N8O7. The van der Waals surface area contributed by atoms with Crippen LogP contribution in [0.3, 0.4) is 0 Å². The van der Waals surface area contributed by atoms with E-state index in [0.717, 1.165) is 95.2 Å². The van der Waals surface area contributed by atoms with Crippen molar-refractivity contribution in [3.63, 3.8) is 0 Å². The van der Waals surface area contributed by atoms with Gasteiger partial charge in [0.2, 0.25) is 11.8 Å². The van der Waals surface area contributed by atoms with E-state index in [4.69, 9.17) is 19.2 Å². The minimum atomic E-state index is -0.918. The molecule has 2 N–H and O–H groups in total. The van der Waals surface area contributed by atoms with Gasteiger partial charge in [-0.3, -0.25) is 34.1 Å². The zero-order valence-electron chi connectivity index (χ0n) is 40.1. The van der Waals surface area contributed by atoms with E-state index in [1.54, 1.807) is 12.0 Å². The van der Waals surface area contributed by atoms with E-state index in [1.165, 1.54) is 11.9 Å². The van der Waals surface area contributed by atoms with E-state index in [2.05, 4.69) is 82.3 Å². The molecule has 15 heteroatoms. The first kappa shape index (κ1) is 46.7. The number of rotatable bonds is 7. The van der Waals surface area contributed by atoms with Crippen molar-refractivity contribution in [1.29, 1.82) is 0 Å². The molecule has 2 aromatic heterocycles. The Hall–Kier alpha value is -5.35. The lowest BCUT2D eigenvalue weighted by Crippen LogP contribution is -2.61. The number of esters is 1. The number of aryl methyl sites for hydroxylation is 1. The Labute approximate surface area is 394 Å². The highest BCUT2D eigenvalue weighted by atomic mass is 16.5. The Morgan fingerprint density at radius 3 is 2.63 bits per heavy atom. The highest BCUT2D eigenvalue weighted by Gasteiger charge is 2.37. The molecule has 5 aliphatic heterocycles. The van der Waals surface area contributed by atoms with Crippen LogP contribution in [0, 0.1) is 11.3 Å². The molecule has 15 nitrogen and oxygen atoms in total. The second-order valence-electron chi connectivity index (χ2n) is 20.1. The van der Waals surface area contributed by atoms with Crippen LogP contribution in [0.15, 0.2) is 54.7 Å². The lowest BCUT2D eigenvalue weighted by molar-refractivity contribution is -0.155. The van der Waals surface area contributed by atoms with Gasteiger partial charge in [-0.2, -0.15) is 0 Å². The summed E-state index contributed by atoms with van der Waals surface area (Å²) in [5, 5.41) is 5.70. The molecule has 9 rings (SSSR count). The number of likely N-dealkylation sites (tertiary alicyclic amines) is 1. The third kappa shape index (κ3) is 9.83. The number of morpholine rings is 1. The average molecular weight is 917 g/mol. The number of ether oxygens (including phenoxy) is 3. The maximum absolute atomic E-state index is 14.5. The number of hydrazine groups is 1. The van der Waals surface area contributed by atoms with Gasteiger partial charge in [0.25, 0.3) is 5.91 Å². The number of anilines is 1. The van der Waals surface area contributed by atoms with Crippen molar-refractivity contribution in [3.8, 4) is 22.4 Å². The highest BCUT2D eigenvalue weighted by molar-refractivity contribution is 5.96. The Balaban J connectivity index is 1.14. The number of carbonyl (C=O) groups is 4. The number of carbonyl (C=O) groups excluding carboxylic acids is 4. The third-order valence-corrected chi connectivity index (χ3v) is 14.7. The molecule has 67 heavy (non-hydrogen) atoms. The maximum atomic E-state index is 14.5. The number of aromatic nitrogens is 2. The number of hydrogen-bond acceptors (Lipinski definition) is 11. The summed E-state index contributed by atoms with van der Waals surface area (Å²) in [6.45, 7) is 17.4. The Morgan fingerprint density at radius 1 is 1.00 bits per heavy atom. The van der Waals surface area contributed by atoms with E-state index in [0.29, 0.717) is 64.3 Å². The fourth-order valence-corrected chi connectivity index (χ4v) is 10.9. The van der Waals surface area contributed by atoms with Gasteiger partial charge < -0.3 is 33.9 Å². The van der Waals surface area contributed by atoms with Gasteiger partial charge in [-0.15, -0.1) is 0 Å². The number of nitrogens with zero attached hydrogens (tertiary/aromatic N) is 6. The van der Waals surface area contributed by atoms with Crippen LogP contribution in [0.5, 0.6) is 0 Å². The van der Waals surface area contributed by atoms with Crippen LogP contribution in [0.25, 0.3) is 33.3 Å². The van der Waals surface area contributed by atoms with Crippen LogP contribution in [0.1, 0.15) is 83.2 Å². The molecule has 5 atom stereocenters. The lowest BCUT2D eigenvalue weighted by atomic mass is 9.84. The van der Waals surface area contributed by atoms with Gasteiger partial charge in [0.05, 0.1) is 61.2 Å². The fraction of sp³-hybridized carbons (Fsp3) is 0.558. The van der Waals surface area contributed by atoms with Gasteiger partial charge in [-0.1, -0.05) is 44.2 Å². The zero-order chi connectivity index (χ0) is 47.0. The van der Waals surface area contributed by atoms with E-state index in [9.17, 15) is 19.2 Å². The lowest BCUT2D eigenvalue weighted by Gasteiger charge is -2.44. The first-order valence-electron chi connectivity index (χ1n) is 24.4. The molecule has 0 radical (unpaired) electrons. The number of pyridine rings is 1. The van der Waals surface area contributed by atoms with Crippen molar-refractivity contribution in [3.05, 3.63) is 71.5 Å². The normalized spacial score (nSPS) is 24.4. The zero-order valence-corrected chi connectivity index (χ0v) is 40.1. The van der Waals surface area contributed by atoms with Crippen LogP contribution in [0.4, 0.5) is 5.69 Å². The van der Waals surface area contributed by atoms with Gasteiger partial charge in [0.15, 0.2) is 0 Å². The molecule has 0 saturated carbocycles. The van der Waals surface area contributed by atoms with E-state index in [1.807, 2.05) is 25.3 Å². The molecule has 6 bridgehead atoms. The third-order valence-electron chi connectivity index (χ3n) is 14.7. The first-order chi connectivity index (χ1) is 32.3. The number of piperidine rings is 1. The summed E-state index contributed by atoms with van der Waals surface area (Å²) in [6, 6.07) is 15.8. The average Bonchev–Trinajstić information content (AvgIpc) is 3.65. The summed E-state index contributed by atoms with van der Waals surface area (Å²) < 4.78 is 20.5. The minimum Gasteiger partial charge on any atom is -0.464 e. The summed E-state index contributed by atoms with van der Waals surface area (Å²) in [7, 11) is 1.73. The van der Waals surface area contributed by atoms with E-state index in [-0.39, 0.29) is 36.9 Å². The van der Waals surface area contributed by atoms with Gasteiger partial charge in [-0.25, -0.2) is 5.43 Å². The van der Waals surface area contributed by atoms with Crippen LogP contribution >= 0.6 is 0 Å². The van der Waals surface area contributed by atoms with Crippen molar-refractivity contribution in [1.82, 2.24) is 35.1 Å². The van der Waals surface area contributed by atoms with Gasteiger partial charge in [-0.05, 0) is 86.4 Å². The summed E-state index contributed by atoms with van der Waals surface area (Å²) in [4.78, 5) is 66.7. The quantitative estimate of drug-likeness (QED) is 0.226. The van der Waals surface area contributed by atoms with Crippen molar-refractivity contribution >= 4 is 40.3 Å². The highest BCUT2D eigenvalue weighted by Crippen LogP contribution is 2.43. The molecular weight excluding hydrogens is 849 g/mol. The molecule has 358 valence electrons. The Kier molecular flexibility index (Phi) is 13.7.